The standard InChI is InChI=1S/C11H11BrFN3S/c1-14-5-4-10-15-16-11(17-10)8-3-2-7(13)6-9(8)12/h2-3,6,14H,4-5H2,1H3. The van der Waals surface area contributed by atoms with Crippen molar-refractivity contribution < 1.29 is 4.39 Å². The van der Waals surface area contributed by atoms with Crippen molar-refractivity contribution in [3.8, 4) is 10.6 Å². The molecule has 0 bridgehead atoms. The van der Waals surface area contributed by atoms with Gasteiger partial charge in [0.15, 0.2) is 0 Å². The third kappa shape index (κ3) is 3.08. The van der Waals surface area contributed by atoms with E-state index < -0.39 is 0 Å². The highest BCUT2D eigenvalue weighted by Crippen LogP contribution is 2.30. The summed E-state index contributed by atoms with van der Waals surface area (Å²) in [5.74, 6) is -0.263. The van der Waals surface area contributed by atoms with Crippen molar-refractivity contribution in [1.29, 1.82) is 0 Å². The molecular formula is C11H11BrFN3S. The first-order valence-electron chi connectivity index (χ1n) is 5.13. The Hall–Kier alpha value is -0.850. The number of aromatic nitrogens is 2. The Bertz CT molecular complexity index is 515. The van der Waals surface area contributed by atoms with Crippen molar-refractivity contribution in [3.63, 3.8) is 0 Å². The summed E-state index contributed by atoms with van der Waals surface area (Å²) in [4.78, 5) is 0. The smallest absolute Gasteiger partial charge is 0.148 e. The fourth-order valence-corrected chi connectivity index (χ4v) is 2.91. The zero-order chi connectivity index (χ0) is 12.3. The second kappa shape index (κ2) is 5.66. The summed E-state index contributed by atoms with van der Waals surface area (Å²) in [6.07, 6.45) is 0.854. The molecule has 1 aromatic heterocycles. The quantitative estimate of drug-likeness (QED) is 0.942. The van der Waals surface area contributed by atoms with Crippen LogP contribution >= 0.6 is 27.3 Å². The highest BCUT2D eigenvalue weighted by Gasteiger charge is 2.10. The van der Waals surface area contributed by atoms with Crippen molar-refractivity contribution in [1.82, 2.24) is 15.5 Å². The Morgan fingerprint density at radius 2 is 2.24 bits per heavy atom. The molecule has 0 unspecified atom stereocenters. The lowest BCUT2D eigenvalue weighted by atomic mass is 10.2. The molecule has 1 heterocycles. The molecule has 6 heteroatoms. The number of hydrogen-bond acceptors (Lipinski definition) is 4. The van der Waals surface area contributed by atoms with Crippen LogP contribution in [0, 0.1) is 5.82 Å². The molecule has 3 nitrogen and oxygen atoms in total. The zero-order valence-corrected chi connectivity index (χ0v) is 11.6. The lowest BCUT2D eigenvalue weighted by Gasteiger charge is -1.99. The van der Waals surface area contributed by atoms with Crippen molar-refractivity contribution in [2.24, 2.45) is 0 Å². The Morgan fingerprint density at radius 1 is 1.41 bits per heavy atom. The van der Waals surface area contributed by atoms with Crippen LogP contribution in [0.25, 0.3) is 10.6 Å². The van der Waals surface area contributed by atoms with E-state index in [1.165, 1.54) is 23.5 Å². The van der Waals surface area contributed by atoms with E-state index in [4.69, 9.17) is 0 Å². The lowest BCUT2D eigenvalue weighted by Crippen LogP contribution is -2.09. The van der Waals surface area contributed by atoms with Crippen LogP contribution in [-0.4, -0.2) is 23.8 Å². The van der Waals surface area contributed by atoms with Gasteiger partial charge in [-0.1, -0.05) is 11.3 Å². The lowest BCUT2D eigenvalue weighted by molar-refractivity contribution is 0.627. The van der Waals surface area contributed by atoms with E-state index in [0.29, 0.717) is 4.47 Å². The number of nitrogens with zero attached hydrogens (tertiary/aromatic N) is 2. The van der Waals surface area contributed by atoms with Crippen LogP contribution in [0.4, 0.5) is 4.39 Å². The van der Waals surface area contributed by atoms with Gasteiger partial charge < -0.3 is 5.32 Å². The van der Waals surface area contributed by atoms with Crippen LogP contribution in [-0.2, 0) is 6.42 Å². The highest BCUT2D eigenvalue weighted by molar-refractivity contribution is 9.10. The van der Waals surface area contributed by atoms with Gasteiger partial charge in [-0.15, -0.1) is 10.2 Å². The molecule has 0 spiro atoms. The molecule has 17 heavy (non-hydrogen) atoms. The predicted molar refractivity (Wildman–Crippen MR) is 70.6 cm³/mol. The minimum atomic E-state index is -0.263. The van der Waals surface area contributed by atoms with Crippen LogP contribution < -0.4 is 5.32 Å². The summed E-state index contributed by atoms with van der Waals surface area (Å²) in [5.41, 5.74) is 0.875. The maximum Gasteiger partial charge on any atom is 0.148 e. The SMILES string of the molecule is CNCCc1nnc(-c2ccc(F)cc2Br)s1. The fraction of sp³-hybridized carbons (Fsp3) is 0.273. The molecule has 0 atom stereocenters. The third-order valence-corrected chi connectivity index (χ3v) is 3.89. The van der Waals surface area contributed by atoms with Gasteiger partial charge in [-0.05, 0) is 41.2 Å². The molecule has 0 aliphatic heterocycles. The number of rotatable bonds is 4. The maximum atomic E-state index is 13.0. The second-order valence-corrected chi connectivity index (χ2v) is 5.40. The number of benzene rings is 1. The summed E-state index contributed by atoms with van der Waals surface area (Å²) in [6, 6.07) is 4.57. The summed E-state index contributed by atoms with van der Waals surface area (Å²) in [5, 5.41) is 13.1. The third-order valence-electron chi connectivity index (χ3n) is 2.22. The second-order valence-electron chi connectivity index (χ2n) is 3.48. The van der Waals surface area contributed by atoms with Crippen molar-refractivity contribution in [2.75, 3.05) is 13.6 Å². The van der Waals surface area contributed by atoms with E-state index >= 15 is 0 Å². The molecule has 0 saturated carbocycles. The number of halogens is 2. The Kier molecular flexibility index (Phi) is 4.20. The average molecular weight is 316 g/mol. The van der Waals surface area contributed by atoms with Gasteiger partial charge in [-0.25, -0.2) is 4.39 Å². The Balaban J connectivity index is 2.24. The molecule has 1 aromatic carbocycles. The van der Waals surface area contributed by atoms with Crippen LogP contribution in [0.5, 0.6) is 0 Å². The maximum absolute atomic E-state index is 13.0. The normalized spacial score (nSPS) is 10.8. The van der Waals surface area contributed by atoms with E-state index in [2.05, 4.69) is 31.4 Å². The highest BCUT2D eigenvalue weighted by atomic mass is 79.9. The monoisotopic (exact) mass is 315 g/mol. The van der Waals surface area contributed by atoms with E-state index in [0.717, 1.165) is 28.5 Å². The molecule has 0 amide bonds. The molecule has 0 fully saturated rings. The number of hydrogen-bond donors (Lipinski definition) is 1. The van der Waals surface area contributed by atoms with Gasteiger partial charge in [0.25, 0.3) is 0 Å². The fourth-order valence-electron chi connectivity index (χ4n) is 1.36. The van der Waals surface area contributed by atoms with Gasteiger partial charge in [-0.3, -0.25) is 0 Å². The number of likely N-dealkylation sites (N-methyl/N-ethyl adjacent to an activating group) is 1. The van der Waals surface area contributed by atoms with E-state index in [1.807, 2.05) is 7.05 Å². The van der Waals surface area contributed by atoms with Crippen LogP contribution in [0.3, 0.4) is 0 Å². The molecule has 2 rings (SSSR count). The van der Waals surface area contributed by atoms with E-state index in [1.54, 1.807) is 6.07 Å². The van der Waals surface area contributed by atoms with Gasteiger partial charge in [0.1, 0.15) is 15.8 Å². The molecular weight excluding hydrogens is 305 g/mol. The first-order chi connectivity index (χ1) is 8.20. The summed E-state index contributed by atoms with van der Waals surface area (Å²) >= 11 is 4.86. The Morgan fingerprint density at radius 3 is 2.94 bits per heavy atom. The summed E-state index contributed by atoms with van der Waals surface area (Å²) in [7, 11) is 1.90. The van der Waals surface area contributed by atoms with Gasteiger partial charge in [0.2, 0.25) is 0 Å². The van der Waals surface area contributed by atoms with Gasteiger partial charge in [-0.2, -0.15) is 0 Å². The van der Waals surface area contributed by atoms with Gasteiger partial charge in [0, 0.05) is 23.0 Å². The van der Waals surface area contributed by atoms with Crippen LogP contribution in [0.1, 0.15) is 5.01 Å². The molecule has 0 aliphatic carbocycles. The molecule has 90 valence electrons. The topological polar surface area (TPSA) is 37.8 Å². The zero-order valence-electron chi connectivity index (χ0n) is 9.20. The van der Waals surface area contributed by atoms with Crippen LogP contribution in [0.15, 0.2) is 22.7 Å². The largest absolute Gasteiger partial charge is 0.319 e. The van der Waals surface area contributed by atoms with Crippen LogP contribution in [0.2, 0.25) is 0 Å². The first kappa shape index (κ1) is 12.6. The Labute approximate surface area is 111 Å². The number of nitrogens with one attached hydrogen (secondary N) is 1. The minimum Gasteiger partial charge on any atom is -0.319 e. The van der Waals surface area contributed by atoms with Crippen molar-refractivity contribution in [3.05, 3.63) is 33.5 Å². The average Bonchev–Trinajstić information content (AvgIpc) is 2.75. The van der Waals surface area contributed by atoms with E-state index in [9.17, 15) is 4.39 Å². The van der Waals surface area contributed by atoms with Crippen molar-refractivity contribution >= 4 is 27.3 Å². The predicted octanol–water partition coefficient (Wildman–Crippen LogP) is 2.87. The summed E-state index contributed by atoms with van der Waals surface area (Å²) in [6.45, 7) is 0.874. The first-order valence-corrected chi connectivity index (χ1v) is 6.74. The summed E-state index contributed by atoms with van der Waals surface area (Å²) < 4.78 is 13.7. The molecule has 1 N–H and O–H groups in total. The van der Waals surface area contributed by atoms with E-state index in [-0.39, 0.29) is 5.82 Å². The molecule has 0 aliphatic rings. The van der Waals surface area contributed by atoms with Gasteiger partial charge >= 0.3 is 0 Å². The molecule has 2 aromatic rings. The molecule has 0 saturated heterocycles. The van der Waals surface area contributed by atoms with Crippen molar-refractivity contribution in [2.45, 2.75) is 6.42 Å². The molecule has 0 radical (unpaired) electrons. The minimum absolute atomic E-state index is 0.263. The van der Waals surface area contributed by atoms with Gasteiger partial charge in [0.05, 0.1) is 0 Å².